The number of fused-ring (bicyclic) bond motifs is 1. The van der Waals surface area contributed by atoms with E-state index in [-0.39, 0.29) is 77.7 Å². The highest BCUT2D eigenvalue weighted by atomic mass is 35.5. The maximum atomic E-state index is 13.3. The molecule has 4 rings (SSSR count). The normalized spacial score (nSPS) is 12.3. The lowest BCUT2D eigenvalue weighted by Gasteiger charge is -2.18. The van der Waals surface area contributed by atoms with Crippen LogP contribution in [0.25, 0.3) is 0 Å². The summed E-state index contributed by atoms with van der Waals surface area (Å²) >= 11 is 6.31. The van der Waals surface area contributed by atoms with E-state index in [9.17, 15) is 13.5 Å². The summed E-state index contributed by atoms with van der Waals surface area (Å²) in [6.45, 7) is -0.214. The van der Waals surface area contributed by atoms with E-state index in [0.717, 1.165) is 0 Å². The smallest absolute Gasteiger partial charge is 0.263 e. The topological polar surface area (TPSA) is 148 Å². The summed E-state index contributed by atoms with van der Waals surface area (Å²) in [5.41, 5.74) is 0. The molecule has 0 aliphatic carbocycles. The molecule has 2 aromatic carbocycles. The molecule has 198 valence electrons. The number of anilines is 1. The Morgan fingerprint density at radius 1 is 1.08 bits per heavy atom. The number of methoxy groups -OCH3 is 2. The standard InChI is InChI=1S/C23H24ClN3O9S/c1-31-9-7-20-25-22(27-37(29,30)15-4-6-17-19(12-15)35-13-34-17)21(23(26-20)33-10-8-28)36-18-11-14(32-2)3-5-16(18)24/h3-6,11-12,28H,7-10,13H2,1-2H3,(H,25,26,27). The highest BCUT2D eigenvalue weighted by molar-refractivity contribution is 7.92. The highest BCUT2D eigenvalue weighted by Crippen LogP contribution is 2.41. The van der Waals surface area contributed by atoms with E-state index < -0.39 is 10.0 Å². The van der Waals surface area contributed by atoms with Crippen molar-refractivity contribution >= 4 is 27.4 Å². The molecular weight excluding hydrogens is 530 g/mol. The number of benzene rings is 2. The quantitative estimate of drug-likeness (QED) is 0.341. The Hall–Kier alpha value is -3.52. The number of aliphatic hydroxyl groups excluding tert-OH is 1. The fourth-order valence-electron chi connectivity index (χ4n) is 3.21. The Kier molecular flexibility index (Phi) is 8.38. The van der Waals surface area contributed by atoms with E-state index >= 15 is 0 Å². The monoisotopic (exact) mass is 553 g/mol. The number of rotatable bonds is 12. The Balaban J connectivity index is 1.79. The summed E-state index contributed by atoms with van der Waals surface area (Å²) in [5.74, 6) is 1.00. The summed E-state index contributed by atoms with van der Waals surface area (Å²) in [5, 5.41) is 9.52. The van der Waals surface area contributed by atoms with E-state index in [1.807, 2.05) is 0 Å². The number of hydrogen-bond donors (Lipinski definition) is 2. The van der Waals surface area contributed by atoms with Crippen LogP contribution in [0.4, 0.5) is 5.82 Å². The van der Waals surface area contributed by atoms with Gasteiger partial charge in [-0.25, -0.2) is 13.4 Å². The Morgan fingerprint density at radius 3 is 2.65 bits per heavy atom. The van der Waals surface area contributed by atoms with Crippen LogP contribution in [0.5, 0.6) is 34.6 Å². The summed E-state index contributed by atoms with van der Waals surface area (Å²) in [4.78, 5) is 8.58. The van der Waals surface area contributed by atoms with Gasteiger partial charge in [-0.1, -0.05) is 11.6 Å². The number of aliphatic hydroxyl groups is 1. The van der Waals surface area contributed by atoms with Gasteiger partial charge in [-0.05, 0) is 24.3 Å². The Bertz CT molecular complexity index is 1370. The lowest BCUT2D eigenvalue weighted by molar-refractivity contribution is 0.174. The van der Waals surface area contributed by atoms with Crippen LogP contribution in [0.3, 0.4) is 0 Å². The molecule has 37 heavy (non-hydrogen) atoms. The first-order chi connectivity index (χ1) is 17.8. The first-order valence-electron chi connectivity index (χ1n) is 10.9. The molecule has 0 radical (unpaired) electrons. The van der Waals surface area contributed by atoms with E-state index in [0.29, 0.717) is 11.5 Å². The molecule has 2 N–H and O–H groups in total. The van der Waals surface area contributed by atoms with Gasteiger partial charge in [-0.2, -0.15) is 4.98 Å². The molecule has 1 aromatic heterocycles. The van der Waals surface area contributed by atoms with Crippen molar-refractivity contribution in [2.45, 2.75) is 11.3 Å². The number of nitrogens with one attached hydrogen (secondary N) is 1. The largest absolute Gasteiger partial charge is 0.497 e. The van der Waals surface area contributed by atoms with Gasteiger partial charge in [0.15, 0.2) is 17.3 Å². The van der Waals surface area contributed by atoms with Crippen LogP contribution in [-0.4, -0.2) is 64.3 Å². The summed E-state index contributed by atoms with van der Waals surface area (Å²) in [7, 11) is -1.21. The number of hydrogen-bond acceptors (Lipinski definition) is 11. The molecule has 0 amide bonds. The molecule has 0 atom stereocenters. The second-order valence-electron chi connectivity index (χ2n) is 7.46. The first-order valence-corrected chi connectivity index (χ1v) is 12.8. The fraction of sp³-hybridized carbons (Fsp3) is 0.304. The van der Waals surface area contributed by atoms with E-state index in [2.05, 4.69) is 14.7 Å². The third kappa shape index (κ3) is 6.25. The van der Waals surface area contributed by atoms with Gasteiger partial charge in [-0.15, -0.1) is 0 Å². The Labute approximate surface area is 218 Å². The number of sulfonamides is 1. The average Bonchev–Trinajstić information content (AvgIpc) is 3.36. The molecule has 0 fully saturated rings. The van der Waals surface area contributed by atoms with Gasteiger partial charge in [0.25, 0.3) is 15.9 Å². The van der Waals surface area contributed by atoms with Crippen LogP contribution in [0, 0.1) is 0 Å². The molecule has 12 nitrogen and oxygen atoms in total. The first kappa shape index (κ1) is 26.5. The van der Waals surface area contributed by atoms with Crippen molar-refractivity contribution in [2.24, 2.45) is 0 Å². The van der Waals surface area contributed by atoms with Crippen LogP contribution in [0.15, 0.2) is 41.3 Å². The summed E-state index contributed by atoms with van der Waals surface area (Å²) < 4.78 is 61.6. The molecule has 2 heterocycles. The molecule has 0 spiro atoms. The number of halogens is 1. The lowest BCUT2D eigenvalue weighted by Crippen LogP contribution is -2.17. The average molecular weight is 554 g/mol. The number of ether oxygens (including phenoxy) is 6. The second-order valence-corrected chi connectivity index (χ2v) is 9.55. The third-order valence-corrected chi connectivity index (χ3v) is 6.63. The maximum absolute atomic E-state index is 13.3. The van der Waals surface area contributed by atoms with Gasteiger partial charge < -0.3 is 33.5 Å². The maximum Gasteiger partial charge on any atom is 0.263 e. The zero-order valence-corrected chi connectivity index (χ0v) is 21.5. The molecule has 0 unspecified atom stereocenters. The van der Waals surface area contributed by atoms with Crippen LogP contribution in [0.2, 0.25) is 5.02 Å². The summed E-state index contributed by atoms with van der Waals surface area (Å²) in [6.07, 6.45) is 0.241. The minimum atomic E-state index is -4.20. The molecule has 0 bridgehead atoms. The zero-order chi connectivity index (χ0) is 26.4. The van der Waals surface area contributed by atoms with Gasteiger partial charge in [0, 0.05) is 25.7 Å². The molecule has 1 aliphatic heterocycles. The predicted octanol–water partition coefficient (Wildman–Crippen LogP) is 3.02. The van der Waals surface area contributed by atoms with Gasteiger partial charge in [0.2, 0.25) is 12.5 Å². The minimum absolute atomic E-state index is 0.00806. The predicted molar refractivity (Wildman–Crippen MR) is 132 cm³/mol. The number of nitrogens with zero attached hydrogens (tertiary/aromatic N) is 2. The van der Waals surface area contributed by atoms with Crippen LogP contribution in [0.1, 0.15) is 5.82 Å². The molecule has 3 aromatic rings. The highest BCUT2D eigenvalue weighted by Gasteiger charge is 2.26. The van der Waals surface area contributed by atoms with Gasteiger partial charge in [0.05, 0.1) is 30.2 Å². The van der Waals surface area contributed by atoms with Gasteiger partial charge in [-0.3, -0.25) is 4.72 Å². The Morgan fingerprint density at radius 2 is 1.89 bits per heavy atom. The van der Waals surface area contributed by atoms with Gasteiger partial charge >= 0.3 is 0 Å². The van der Waals surface area contributed by atoms with Crippen molar-refractivity contribution in [2.75, 3.05) is 45.6 Å². The fourth-order valence-corrected chi connectivity index (χ4v) is 4.39. The minimum Gasteiger partial charge on any atom is -0.497 e. The lowest BCUT2D eigenvalue weighted by atomic mass is 10.3. The van der Waals surface area contributed by atoms with Gasteiger partial charge in [0.1, 0.15) is 23.9 Å². The second kappa shape index (κ2) is 11.7. The van der Waals surface area contributed by atoms with E-state index in [1.54, 1.807) is 12.1 Å². The zero-order valence-electron chi connectivity index (χ0n) is 19.9. The van der Waals surface area contributed by atoms with Crippen molar-refractivity contribution in [3.05, 3.63) is 47.2 Å². The van der Waals surface area contributed by atoms with Crippen molar-refractivity contribution < 1.29 is 41.9 Å². The SMILES string of the molecule is COCCc1nc(NS(=O)(=O)c2ccc3c(c2)OCO3)c(Oc2cc(OC)ccc2Cl)c(OCCO)n1. The molecule has 0 saturated carbocycles. The van der Waals surface area contributed by atoms with Crippen LogP contribution >= 0.6 is 11.6 Å². The van der Waals surface area contributed by atoms with Crippen LogP contribution < -0.4 is 28.4 Å². The van der Waals surface area contributed by atoms with Crippen molar-refractivity contribution in [3.63, 3.8) is 0 Å². The van der Waals surface area contributed by atoms with E-state index in [4.69, 9.17) is 40.0 Å². The van der Waals surface area contributed by atoms with Crippen molar-refractivity contribution in [1.29, 1.82) is 0 Å². The number of aromatic nitrogens is 2. The summed E-state index contributed by atoms with van der Waals surface area (Å²) in [6, 6.07) is 8.88. The third-order valence-electron chi connectivity index (χ3n) is 4.98. The molecular formula is C23H24ClN3O9S. The van der Waals surface area contributed by atoms with E-state index in [1.165, 1.54) is 38.5 Å². The molecule has 1 aliphatic rings. The van der Waals surface area contributed by atoms with Crippen molar-refractivity contribution in [3.8, 4) is 34.6 Å². The molecule has 14 heteroatoms. The van der Waals surface area contributed by atoms with Crippen molar-refractivity contribution in [1.82, 2.24) is 9.97 Å². The van der Waals surface area contributed by atoms with Crippen LogP contribution in [-0.2, 0) is 21.2 Å². The molecule has 0 saturated heterocycles.